The Morgan fingerprint density at radius 3 is 2.20 bits per heavy atom. The number of hydrogen-bond acceptors (Lipinski definition) is 4. The predicted octanol–water partition coefficient (Wildman–Crippen LogP) is 11.2. The lowest BCUT2D eigenvalue weighted by molar-refractivity contribution is 0.670. The van der Waals surface area contributed by atoms with Gasteiger partial charge in [-0.05, 0) is 54.6 Å². The molecule has 0 unspecified atom stereocenters. The van der Waals surface area contributed by atoms with Gasteiger partial charge in [0, 0.05) is 48.4 Å². The molecule has 0 N–H and O–H groups in total. The van der Waals surface area contributed by atoms with Crippen molar-refractivity contribution in [2.24, 2.45) is 0 Å². The van der Waals surface area contributed by atoms with Gasteiger partial charge in [-0.2, -0.15) is 0 Å². The lowest BCUT2D eigenvalue weighted by atomic mass is 10.0. The summed E-state index contributed by atoms with van der Waals surface area (Å²) in [6.45, 7) is 0. The summed E-state index contributed by atoms with van der Waals surface area (Å²) >= 11 is 1.74. The van der Waals surface area contributed by atoms with Crippen LogP contribution in [-0.2, 0) is 0 Å². The Labute approximate surface area is 261 Å². The lowest BCUT2D eigenvalue weighted by Crippen LogP contribution is -1.95. The molecule has 4 nitrogen and oxygen atoms in total. The molecule has 0 atom stereocenters. The predicted molar refractivity (Wildman–Crippen MR) is 187 cm³/mol. The van der Waals surface area contributed by atoms with Gasteiger partial charge in [0.15, 0.2) is 5.82 Å². The fraction of sp³-hybridized carbons (Fsp3) is 0. The highest BCUT2D eigenvalue weighted by Gasteiger charge is 2.21. The third-order valence-corrected chi connectivity index (χ3v) is 9.99. The van der Waals surface area contributed by atoms with Gasteiger partial charge in [-0.15, -0.1) is 11.3 Å². The maximum Gasteiger partial charge on any atom is 0.160 e. The number of hydrogen-bond donors (Lipinski definition) is 0. The van der Waals surface area contributed by atoms with Gasteiger partial charge in [0.25, 0.3) is 0 Å². The number of nitrogens with zero attached hydrogens (tertiary/aromatic N) is 3. The molecular formula is C40H23N3OS. The van der Waals surface area contributed by atoms with E-state index in [1.54, 1.807) is 11.3 Å². The molecule has 4 aromatic heterocycles. The number of fused-ring (bicyclic) bond motifs is 9. The van der Waals surface area contributed by atoms with E-state index in [1.807, 2.05) is 12.1 Å². The van der Waals surface area contributed by atoms with Crippen molar-refractivity contribution in [3.63, 3.8) is 0 Å². The van der Waals surface area contributed by atoms with Gasteiger partial charge in [-0.25, -0.2) is 9.97 Å². The average Bonchev–Trinajstić information content (AvgIpc) is 3.77. The molecule has 0 spiro atoms. The minimum atomic E-state index is 0.701. The third-order valence-electron chi connectivity index (χ3n) is 8.82. The summed E-state index contributed by atoms with van der Waals surface area (Å²) in [6, 6.07) is 48.8. The van der Waals surface area contributed by atoms with Gasteiger partial charge in [0.1, 0.15) is 11.2 Å². The summed E-state index contributed by atoms with van der Waals surface area (Å²) in [4.78, 5) is 10.6. The number of benzene rings is 6. The molecule has 0 fully saturated rings. The van der Waals surface area contributed by atoms with Crippen LogP contribution >= 0.6 is 11.3 Å². The molecule has 0 aliphatic carbocycles. The van der Waals surface area contributed by atoms with Crippen LogP contribution in [0.2, 0.25) is 0 Å². The highest BCUT2D eigenvalue weighted by molar-refractivity contribution is 7.26. The molecule has 0 aliphatic heterocycles. The minimum Gasteiger partial charge on any atom is -0.455 e. The quantitative estimate of drug-likeness (QED) is 0.205. The van der Waals surface area contributed by atoms with Crippen molar-refractivity contribution >= 4 is 75.4 Å². The summed E-state index contributed by atoms with van der Waals surface area (Å²) < 4.78 is 11.1. The summed E-state index contributed by atoms with van der Waals surface area (Å²) in [5.74, 6) is 0.701. The molecule has 0 bridgehead atoms. The van der Waals surface area contributed by atoms with E-state index >= 15 is 0 Å². The van der Waals surface area contributed by atoms with Crippen molar-refractivity contribution in [2.45, 2.75) is 0 Å². The number of aromatic nitrogens is 3. The summed E-state index contributed by atoms with van der Waals surface area (Å²) in [5, 5.41) is 5.71. The van der Waals surface area contributed by atoms with Gasteiger partial charge in [0.2, 0.25) is 0 Å². The zero-order valence-electron chi connectivity index (χ0n) is 23.9. The normalized spacial score (nSPS) is 12.0. The Kier molecular flexibility index (Phi) is 5.12. The third kappa shape index (κ3) is 3.59. The van der Waals surface area contributed by atoms with Crippen LogP contribution in [0.15, 0.2) is 144 Å². The number of para-hydroxylation sites is 4. The molecule has 4 heterocycles. The first-order valence-corrected chi connectivity index (χ1v) is 15.8. The molecule has 0 amide bonds. The SMILES string of the molecule is c1ccc(-n2c3ccccc3c3cc(-c4nc(-c5cccc6c5oc5ccccc56)c5sc6ccccc6c5n4)ccc32)cc1. The smallest absolute Gasteiger partial charge is 0.160 e. The summed E-state index contributed by atoms with van der Waals surface area (Å²) in [6.07, 6.45) is 0. The number of thiophene rings is 1. The molecule has 0 aliphatic rings. The largest absolute Gasteiger partial charge is 0.455 e. The average molecular weight is 594 g/mol. The Balaban J connectivity index is 1.27. The van der Waals surface area contributed by atoms with Gasteiger partial charge in [0.05, 0.1) is 26.9 Å². The van der Waals surface area contributed by atoms with Crippen LogP contribution in [0.4, 0.5) is 0 Å². The zero-order chi connectivity index (χ0) is 29.5. The minimum absolute atomic E-state index is 0.701. The monoisotopic (exact) mass is 593 g/mol. The number of furan rings is 1. The lowest BCUT2D eigenvalue weighted by Gasteiger charge is -2.09. The maximum atomic E-state index is 6.50. The van der Waals surface area contributed by atoms with Gasteiger partial charge in [-0.1, -0.05) is 84.9 Å². The van der Waals surface area contributed by atoms with Crippen molar-refractivity contribution < 1.29 is 4.42 Å². The van der Waals surface area contributed by atoms with Crippen molar-refractivity contribution in [3.8, 4) is 28.3 Å². The Hall–Kier alpha value is -5.78. The van der Waals surface area contributed by atoms with Gasteiger partial charge >= 0.3 is 0 Å². The second-order valence-electron chi connectivity index (χ2n) is 11.4. The summed E-state index contributed by atoms with van der Waals surface area (Å²) in [7, 11) is 0. The van der Waals surface area contributed by atoms with Crippen LogP contribution in [0.3, 0.4) is 0 Å². The molecule has 6 aromatic carbocycles. The van der Waals surface area contributed by atoms with Crippen molar-refractivity contribution in [3.05, 3.63) is 140 Å². The fourth-order valence-corrected chi connectivity index (χ4v) is 7.95. The Morgan fingerprint density at radius 2 is 1.29 bits per heavy atom. The molecule has 10 aromatic rings. The van der Waals surface area contributed by atoms with E-state index in [9.17, 15) is 0 Å². The van der Waals surface area contributed by atoms with Crippen LogP contribution in [-0.4, -0.2) is 14.5 Å². The molecule has 0 saturated carbocycles. The molecule has 0 radical (unpaired) electrons. The molecule has 10 rings (SSSR count). The first kappa shape index (κ1) is 24.6. The molecule has 0 saturated heterocycles. The van der Waals surface area contributed by atoms with E-state index in [4.69, 9.17) is 14.4 Å². The first-order chi connectivity index (χ1) is 22.3. The van der Waals surface area contributed by atoms with Crippen LogP contribution in [0, 0.1) is 0 Å². The van der Waals surface area contributed by atoms with Gasteiger partial charge in [-0.3, -0.25) is 0 Å². The second-order valence-corrected chi connectivity index (χ2v) is 12.4. The summed E-state index contributed by atoms with van der Waals surface area (Å²) in [5.41, 5.74) is 9.02. The molecular weight excluding hydrogens is 571 g/mol. The van der Waals surface area contributed by atoms with E-state index in [1.165, 1.54) is 21.0 Å². The van der Waals surface area contributed by atoms with Crippen molar-refractivity contribution in [2.75, 3.05) is 0 Å². The highest BCUT2D eigenvalue weighted by Crippen LogP contribution is 2.43. The van der Waals surface area contributed by atoms with E-state index in [0.29, 0.717) is 5.82 Å². The van der Waals surface area contributed by atoms with Crippen LogP contribution in [0.1, 0.15) is 0 Å². The van der Waals surface area contributed by atoms with Crippen molar-refractivity contribution in [1.82, 2.24) is 14.5 Å². The molecule has 5 heteroatoms. The first-order valence-electron chi connectivity index (χ1n) is 15.0. The second kappa shape index (κ2) is 9.36. The highest BCUT2D eigenvalue weighted by atomic mass is 32.1. The van der Waals surface area contributed by atoms with Crippen molar-refractivity contribution in [1.29, 1.82) is 0 Å². The van der Waals surface area contributed by atoms with E-state index in [2.05, 4.69) is 132 Å². The standard InChI is InChI=1S/C40H23N3OS/c1-2-11-25(12-3-1)43-32-18-7-4-13-26(32)31-23-24(21-22-33(31)43)40-41-36-29-15-6-9-20-35(29)45-39(36)37(42-40)30-17-10-16-28-27-14-5-8-19-34(27)44-38(28)30/h1-23H. The fourth-order valence-electron chi connectivity index (χ4n) is 6.80. The van der Waals surface area contributed by atoms with Crippen LogP contribution in [0.5, 0.6) is 0 Å². The molecule has 210 valence electrons. The molecule has 45 heavy (non-hydrogen) atoms. The topological polar surface area (TPSA) is 43.9 Å². The maximum absolute atomic E-state index is 6.50. The van der Waals surface area contributed by atoms with E-state index < -0.39 is 0 Å². The van der Waals surface area contributed by atoms with Crippen LogP contribution < -0.4 is 0 Å². The van der Waals surface area contributed by atoms with E-state index in [-0.39, 0.29) is 0 Å². The van der Waals surface area contributed by atoms with E-state index in [0.717, 1.165) is 65.6 Å². The Bertz CT molecular complexity index is 2770. The van der Waals surface area contributed by atoms with Gasteiger partial charge < -0.3 is 8.98 Å². The Morgan fingerprint density at radius 1 is 0.556 bits per heavy atom. The number of rotatable bonds is 3. The van der Waals surface area contributed by atoms with Crippen LogP contribution in [0.25, 0.3) is 92.4 Å². The zero-order valence-corrected chi connectivity index (χ0v) is 24.8.